The summed E-state index contributed by atoms with van der Waals surface area (Å²) < 4.78 is 0. The average molecular weight is 315 g/mol. The number of rotatable bonds is 4. The topological polar surface area (TPSA) is 88.3 Å². The zero-order valence-corrected chi connectivity index (χ0v) is 13.6. The van der Waals surface area contributed by atoms with Gasteiger partial charge >= 0.3 is 0 Å². The molecular weight excluding hydrogens is 298 g/mol. The first-order valence-electron chi connectivity index (χ1n) is 7.67. The Morgan fingerprint density at radius 1 is 1.04 bits per heavy atom. The fourth-order valence-corrected chi connectivity index (χ4v) is 2.78. The van der Waals surface area contributed by atoms with Gasteiger partial charge in [-0.05, 0) is 23.8 Å². The molecule has 1 heterocycles. The summed E-state index contributed by atoms with van der Waals surface area (Å²) in [5.74, 6) is 0.621. The number of imidazole rings is 1. The van der Waals surface area contributed by atoms with Gasteiger partial charge in [-0.2, -0.15) is 10.5 Å². The van der Waals surface area contributed by atoms with Crippen molar-refractivity contribution in [3.63, 3.8) is 0 Å². The summed E-state index contributed by atoms with van der Waals surface area (Å²) in [4.78, 5) is 7.65. The van der Waals surface area contributed by atoms with Gasteiger partial charge < -0.3 is 10.3 Å². The first-order valence-corrected chi connectivity index (χ1v) is 7.67. The Hall–Kier alpha value is -3.31. The van der Waals surface area contributed by atoms with Crippen LogP contribution in [-0.2, 0) is 5.41 Å². The lowest BCUT2D eigenvalue weighted by atomic mass is 9.82. The molecular formula is C19H17N5. The van der Waals surface area contributed by atoms with Gasteiger partial charge in [0.25, 0.3) is 0 Å². The van der Waals surface area contributed by atoms with Crippen LogP contribution in [0.25, 0.3) is 11.0 Å². The number of aromatic nitrogens is 2. The van der Waals surface area contributed by atoms with Gasteiger partial charge in [-0.3, -0.25) is 0 Å². The van der Waals surface area contributed by atoms with Crippen LogP contribution in [0.1, 0.15) is 30.5 Å². The molecule has 0 aliphatic rings. The van der Waals surface area contributed by atoms with Crippen LogP contribution < -0.4 is 5.32 Å². The number of nitrogens with zero attached hydrogens (tertiary/aromatic N) is 3. The van der Waals surface area contributed by atoms with Crippen molar-refractivity contribution >= 4 is 17.0 Å². The summed E-state index contributed by atoms with van der Waals surface area (Å²) in [5.41, 5.74) is 3.47. The molecule has 0 aliphatic carbocycles. The van der Waals surface area contributed by atoms with Crippen LogP contribution >= 0.6 is 0 Å². The van der Waals surface area contributed by atoms with Crippen LogP contribution in [0.3, 0.4) is 0 Å². The molecule has 5 heteroatoms. The summed E-state index contributed by atoms with van der Waals surface area (Å²) in [6.07, 6.45) is 0. The van der Waals surface area contributed by atoms with E-state index in [1.54, 1.807) is 6.07 Å². The van der Waals surface area contributed by atoms with E-state index in [2.05, 4.69) is 41.3 Å². The predicted octanol–water partition coefficient (Wildman–Crippen LogP) is 3.70. The quantitative estimate of drug-likeness (QED) is 0.768. The van der Waals surface area contributed by atoms with Crippen molar-refractivity contribution in [1.29, 1.82) is 10.5 Å². The molecule has 2 aromatic carbocycles. The van der Waals surface area contributed by atoms with Crippen molar-refractivity contribution in [2.45, 2.75) is 19.3 Å². The highest BCUT2D eigenvalue weighted by Gasteiger charge is 2.24. The highest BCUT2D eigenvalue weighted by atomic mass is 15.1. The molecule has 3 rings (SSSR count). The van der Waals surface area contributed by atoms with Gasteiger partial charge in [0, 0.05) is 12.0 Å². The van der Waals surface area contributed by atoms with Gasteiger partial charge in [0.2, 0.25) is 5.95 Å². The molecule has 0 radical (unpaired) electrons. The maximum atomic E-state index is 9.30. The zero-order chi connectivity index (χ0) is 17.2. The summed E-state index contributed by atoms with van der Waals surface area (Å²) in [5, 5.41) is 21.7. The monoisotopic (exact) mass is 315 g/mol. The van der Waals surface area contributed by atoms with Crippen LogP contribution in [0, 0.1) is 22.7 Å². The van der Waals surface area contributed by atoms with Crippen molar-refractivity contribution in [3.05, 3.63) is 59.2 Å². The van der Waals surface area contributed by atoms with Crippen LogP contribution in [0.5, 0.6) is 0 Å². The summed E-state index contributed by atoms with van der Waals surface area (Å²) in [6.45, 7) is 4.77. The molecule has 24 heavy (non-hydrogen) atoms. The summed E-state index contributed by atoms with van der Waals surface area (Å²) >= 11 is 0. The van der Waals surface area contributed by atoms with Gasteiger partial charge in [-0.1, -0.05) is 38.1 Å². The van der Waals surface area contributed by atoms with Crippen molar-refractivity contribution in [1.82, 2.24) is 9.97 Å². The van der Waals surface area contributed by atoms with E-state index in [4.69, 9.17) is 5.26 Å². The Morgan fingerprint density at radius 2 is 1.75 bits per heavy atom. The Balaban J connectivity index is 1.85. The number of fused-ring (bicyclic) bond motifs is 1. The van der Waals surface area contributed by atoms with Crippen molar-refractivity contribution in [2.75, 3.05) is 11.9 Å². The van der Waals surface area contributed by atoms with Gasteiger partial charge in [0.05, 0.1) is 22.7 Å². The van der Waals surface area contributed by atoms with Gasteiger partial charge in [0.1, 0.15) is 11.6 Å². The lowest BCUT2D eigenvalue weighted by Crippen LogP contribution is -2.28. The molecule has 0 unspecified atom stereocenters. The van der Waals surface area contributed by atoms with Crippen molar-refractivity contribution in [3.8, 4) is 12.1 Å². The molecule has 0 amide bonds. The number of nitriles is 2. The van der Waals surface area contributed by atoms with E-state index in [0.29, 0.717) is 29.1 Å². The lowest BCUT2D eigenvalue weighted by molar-refractivity contribution is 0.554. The fraction of sp³-hybridized carbons (Fsp3) is 0.211. The molecule has 0 atom stereocenters. The largest absolute Gasteiger partial charge is 0.355 e. The Kier molecular flexibility index (Phi) is 3.93. The minimum atomic E-state index is -0.247. The van der Waals surface area contributed by atoms with E-state index < -0.39 is 0 Å². The SMILES string of the molecule is CC(C)(CNc1nc2c(C#N)cccc2[nH]1)c1ccccc1C#N. The second-order valence-electron chi connectivity index (χ2n) is 6.29. The third kappa shape index (κ3) is 2.80. The van der Waals surface area contributed by atoms with E-state index in [1.165, 1.54) is 0 Å². The summed E-state index contributed by atoms with van der Waals surface area (Å²) in [7, 11) is 0. The van der Waals surface area contributed by atoms with Crippen molar-refractivity contribution < 1.29 is 0 Å². The molecule has 0 saturated heterocycles. The number of hydrogen-bond donors (Lipinski definition) is 2. The van der Waals surface area contributed by atoms with E-state index in [9.17, 15) is 5.26 Å². The van der Waals surface area contributed by atoms with Gasteiger partial charge in [0.15, 0.2) is 0 Å². The van der Waals surface area contributed by atoms with Crippen LogP contribution in [0.15, 0.2) is 42.5 Å². The molecule has 118 valence electrons. The van der Waals surface area contributed by atoms with E-state index >= 15 is 0 Å². The first-order chi connectivity index (χ1) is 11.5. The van der Waals surface area contributed by atoms with Crippen LogP contribution in [-0.4, -0.2) is 16.5 Å². The third-order valence-corrected chi connectivity index (χ3v) is 4.11. The molecule has 0 bridgehead atoms. The second kappa shape index (κ2) is 6.06. The Labute approximate surface area is 140 Å². The Morgan fingerprint density at radius 3 is 2.50 bits per heavy atom. The van der Waals surface area contributed by atoms with Gasteiger partial charge in [-0.25, -0.2) is 4.98 Å². The lowest BCUT2D eigenvalue weighted by Gasteiger charge is -2.26. The average Bonchev–Trinajstić information content (AvgIpc) is 3.03. The standard InChI is InChI=1S/C19H17N5/c1-19(2,15-8-4-3-6-13(15)10-20)12-22-18-23-16-9-5-7-14(11-21)17(16)24-18/h3-9H,12H2,1-2H3,(H2,22,23,24). The minimum Gasteiger partial charge on any atom is -0.355 e. The maximum Gasteiger partial charge on any atom is 0.201 e. The zero-order valence-electron chi connectivity index (χ0n) is 13.6. The number of aromatic amines is 1. The van der Waals surface area contributed by atoms with Crippen LogP contribution in [0.2, 0.25) is 0 Å². The third-order valence-electron chi connectivity index (χ3n) is 4.11. The normalized spacial score (nSPS) is 11.0. The number of anilines is 1. The molecule has 5 nitrogen and oxygen atoms in total. The molecule has 0 spiro atoms. The number of nitrogens with one attached hydrogen (secondary N) is 2. The van der Waals surface area contributed by atoms with Gasteiger partial charge in [-0.15, -0.1) is 0 Å². The minimum absolute atomic E-state index is 0.247. The summed E-state index contributed by atoms with van der Waals surface area (Å²) in [6, 6.07) is 17.5. The molecule has 0 saturated carbocycles. The smallest absolute Gasteiger partial charge is 0.201 e. The predicted molar refractivity (Wildman–Crippen MR) is 93.5 cm³/mol. The highest BCUT2D eigenvalue weighted by molar-refractivity contribution is 5.83. The van der Waals surface area contributed by atoms with Crippen LogP contribution in [0.4, 0.5) is 5.95 Å². The second-order valence-corrected chi connectivity index (χ2v) is 6.29. The van der Waals surface area contributed by atoms with Crippen molar-refractivity contribution in [2.24, 2.45) is 0 Å². The Bertz CT molecular complexity index is 969. The van der Waals surface area contributed by atoms with E-state index in [1.807, 2.05) is 36.4 Å². The first kappa shape index (κ1) is 15.6. The number of para-hydroxylation sites is 1. The molecule has 0 aliphatic heterocycles. The fourth-order valence-electron chi connectivity index (χ4n) is 2.78. The number of benzene rings is 2. The van der Waals surface area contributed by atoms with E-state index in [0.717, 1.165) is 11.1 Å². The highest BCUT2D eigenvalue weighted by Crippen LogP contribution is 2.27. The number of hydrogen-bond acceptors (Lipinski definition) is 4. The molecule has 3 aromatic rings. The maximum absolute atomic E-state index is 9.30. The van der Waals surface area contributed by atoms with E-state index in [-0.39, 0.29) is 5.41 Å². The molecule has 0 fully saturated rings. The molecule has 1 aromatic heterocycles. The molecule has 2 N–H and O–H groups in total. The number of H-pyrrole nitrogens is 1.